The minimum absolute atomic E-state index is 0.500. The van der Waals surface area contributed by atoms with Gasteiger partial charge in [-0.2, -0.15) is 0 Å². The van der Waals surface area contributed by atoms with Crippen LogP contribution in [0.5, 0.6) is 0 Å². The zero-order chi connectivity index (χ0) is 12.9. The molecular formula is C13H24N2O2. The first-order chi connectivity index (χ1) is 8.24. The number of rotatable bonds is 7. The van der Waals surface area contributed by atoms with Gasteiger partial charge in [-0.3, -0.25) is 0 Å². The summed E-state index contributed by atoms with van der Waals surface area (Å²) in [5.74, 6) is 0. The number of aryl methyl sites for hydroxylation is 2. The van der Waals surface area contributed by atoms with E-state index in [1.165, 1.54) is 45.1 Å². The van der Waals surface area contributed by atoms with Crippen molar-refractivity contribution in [2.45, 2.75) is 52.0 Å². The fourth-order valence-electron chi connectivity index (χ4n) is 1.71. The first-order valence-electron chi connectivity index (χ1n) is 6.31. The molecule has 0 unspecified atom stereocenters. The predicted molar refractivity (Wildman–Crippen MR) is 65.0 cm³/mol. The predicted octanol–water partition coefficient (Wildman–Crippen LogP) is 1.04. The van der Waals surface area contributed by atoms with Gasteiger partial charge in [0.1, 0.15) is 12.4 Å². The second-order valence-electron chi connectivity index (χ2n) is 4.18. The number of unbranched alkanes of at least 4 members (excludes halogenated alkanes) is 5. The summed E-state index contributed by atoms with van der Waals surface area (Å²) in [7, 11) is 2.07. The minimum Gasteiger partial charge on any atom is -0.554 e. The van der Waals surface area contributed by atoms with Crippen LogP contribution in [0.2, 0.25) is 0 Å². The van der Waals surface area contributed by atoms with Crippen LogP contribution in [0.4, 0.5) is 0 Å². The Hall–Kier alpha value is -1.32. The van der Waals surface area contributed by atoms with Gasteiger partial charge in [0, 0.05) is 6.47 Å². The SMILES string of the molecule is CCCCCCCC[n+]1ccn(C)c1.O=C[O-]. The van der Waals surface area contributed by atoms with Gasteiger partial charge < -0.3 is 9.90 Å². The molecule has 0 aliphatic carbocycles. The Morgan fingerprint density at radius 2 is 1.82 bits per heavy atom. The fraction of sp³-hybridized carbons (Fsp3) is 0.692. The van der Waals surface area contributed by atoms with Gasteiger partial charge >= 0.3 is 0 Å². The van der Waals surface area contributed by atoms with Gasteiger partial charge in [-0.25, -0.2) is 9.13 Å². The molecule has 1 rings (SSSR count). The second kappa shape index (κ2) is 11.2. The van der Waals surface area contributed by atoms with Crippen LogP contribution in [0.1, 0.15) is 45.4 Å². The smallest absolute Gasteiger partial charge is 0.243 e. The van der Waals surface area contributed by atoms with Crippen LogP contribution >= 0.6 is 0 Å². The van der Waals surface area contributed by atoms with Crippen molar-refractivity contribution in [1.29, 1.82) is 0 Å². The topological polar surface area (TPSA) is 48.9 Å². The van der Waals surface area contributed by atoms with Crippen LogP contribution in [-0.2, 0) is 18.4 Å². The molecule has 17 heavy (non-hydrogen) atoms. The quantitative estimate of drug-likeness (QED) is 0.406. The van der Waals surface area contributed by atoms with Gasteiger partial charge in [0.2, 0.25) is 6.33 Å². The molecule has 0 saturated heterocycles. The molecule has 4 nitrogen and oxygen atoms in total. The normalized spacial score (nSPS) is 9.53. The van der Waals surface area contributed by atoms with Crippen molar-refractivity contribution in [1.82, 2.24) is 4.57 Å². The van der Waals surface area contributed by atoms with E-state index < -0.39 is 6.47 Å². The van der Waals surface area contributed by atoms with Gasteiger partial charge in [0.15, 0.2) is 0 Å². The van der Waals surface area contributed by atoms with Crippen LogP contribution in [0, 0.1) is 0 Å². The number of hydrogen-bond acceptors (Lipinski definition) is 2. The Balaban J connectivity index is 0.000000770. The van der Waals surface area contributed by atoms with E-state index in [1.54, 1.807) is 0 Å². The molecule has 4 heteroatoms. The fourth-order valence-corrected chi connectivity index (χ4v) is 1.71. The number of aromatic nitrogens is 2. The summed E-state index contributed by atoms with van der Waals surface area (Å²) in [5.41, 5.74) is 0. The molecule has 0 amide bonds. The van der Waals surface area contributed by atoms with E-state index in [0.717, 1.165) is 0 Å². The van der Waals surface area contributed by atoms with E-state index in [-0.39, 0.29) is 0 Å². The van der Waals surface area contributed by atoms with Crippen LogP contribution in [0.25, 0.3) is 0 Å². The molecule has 0 N–H and O–H groups in total. The first kappa shape index (κ1) is 15.7. The minimum atomic E-state index is -0.500. The molecule has 0 aromatic carbocycles. The number of carbonyl (C=O) groups is 1. The molecule has 98 valence electrons. The van der Waals surface area contributed by atoms with Crippen molar-refractivity contribution in [2.75, 3.05) is 0 Å². The lowest BCUT2D eigenvalue weighted by atomic mass is 10.1. The maximum atomic E-state index is 8.25. The third-order valence-electron chi connectivity index (χ3n) is 2.59. The molecule has 0 saturated carbocycles. The summed E-state index contributed by atoms with van der Waals surface area (Å²) < 4.78 is 4.36. The molecule has 0 aliphatic rings. The number of carboxylic acid groups (broad SMARTS) is 1. The summed E-state index contributed by atoms with van der Waals surface area (Å²) in [5, 5.41) is 8.25. The summed E-state index contributed by atoms with van der Waals surface area (Å²) in [6.45, 7) is 2.94. The van der Waals surface area contributed by atoms with Crippen molar-refractivity contribution in [2.24, 2.45) is 7.05 Å². The van der Waals surface area contributed by atoms with Gasteiger partial charge in [-0.05, 0) is 12.8 Å². The average Bonchev–Trinajstić information content (AvgIpc) is 2.70. The standard InChI is InChI=1S/C12H23N2.CH2O2/c1-3-4-5-6-7-8-9-14-11-10-13(2)12-14;2-1-3/h10-12H,3-9H2,1-2H3;1H,(H,2,3)/q+1;/p-1. The Morgan fingerprint density at radius 3 is 2.35 bits per heavy atom. The van der Waals surface area contributed by atoms with Crippen LogP contribution < -0.4 is 9.67 Å². The van der Waals surface area contributed by atoms with Crippen molar-refractivity contribution < 1.29 is 14.5 Å². The Bertz CT molecular complexity index is 285. The summed E-state index contributed by atoms with van der Waals surface area (Å²) in [6, 6.07) is 0. The number of carbonyl (C=O) groups excluding carboxylic acids is 1. The molecule has 0 fully saturated rings. The van der Waals surface area contributed by atoms with E-state index in [9.17, 15) is 0 Å². The number of nitrogens with zero attached hydrogens (tertiary/aromatic N) is 2. The molecule has 1 aromatic heterocycles. The van der Waals surface area contributed by atoms with Crippen LogP contribution in [0.3, 0.4) is 0 Å². The molecule has 1 heterocycles. The molecule has 0 atom stereocenters. The van der Waals surface area contributed by atoms with Gasteiger partial charge in [-0.15, -0.1) is 0 Å². The first-order valence-corrected chi connectivity index (χ1v) is 6.31. The van der Waals surface area contributed by atoms with E-state index in [4.69, 9.17) is 9.90 Å². The Morgan fingerprint density at radius 1 is 1.24 bits per heavy atom. The van der Waals surface area contributed by atoms with Crippen molar-refractivity contribution in [3.8, 4) is 0 Å². The maximum absolute atomic E-state index is 8.25. The van der Waals surface area contributed by atoms with Gasteiger partial charge in [-0.1, -0.05) is 32.6 Å². The van der Waals surface area contributed by atoms with Gasteiger partial charge in [0.25, 0.3) is 0 Å². The van der Waals surface area contributed by atoms with Crippen molar-refractivity contribution in [3.05, 3.63) is 18.7 Å². The third kappa shape index (κ3) is 9.60. The molecular weight excluding hydrogens is 216 g/mol. The van der Waals surface area contributed by atoms with E-state index in [0.29, 0.717) is 0 Å². The highest BCUT2D eigenvalue weighted by Crippen LogP contribution is 2.04. The largest absolute Gasteiger partial charge is 0.554 e. The van der Waals surface area contributed by atoms with Gasteiger partial charge in [0.05, 0.1) is 13.6 Å². The highest BCUT2D eigenvalue weighted by Gasteiger charge is 1.98. The molecule has 1 aromatic rings. The lowest BCUT2D eigenvalue weighted by Gasteiger charge is -1.98. The molecule has 0 spiro atoms. The lowest BCUT2D eigenvalue weighted by molar-refractivity contribution is -0.696. The highest BCUT2D eigenvalue weighted by atomic mass is 16.3. The number of hydrogen-bond donors (Lipinski definition) is 0. The summed E-state index contributed by atoms with van der Waals surface area (Å²) in [4.78, 5) is 8.25. The molecule has 0 radical (unpaired) electrons. The lowest BCUT2D eigenvalue weighted by Crippen LogP contribution is -2.30. The Kier molecular flexibility index (Phi) is 10.3. The van der Waals surface area contributed by atoms with E-state index >= 15 is 0 Å². The average molecular weight is 240 g/mol. The van der Waals surface area contributed by atoms with Crippen LogP contribution in [0.15, 0.2) is 18.7 Å². The Labute approximate surface area is 104 Å². The van der Waals surface area contributed by atoms with E-state index in [1.807, 2.05) is 0 Å². The number of imidazole rings is 1. The zero-order valence-corrected chi connectivity index (χ0v) is 11.0. The third-order valence-corrected chi connectivity index (χ3v) is 2.59. The zero-order valence-electron chi connectivity index (χ0n) is 11.0. The van der Waals surface area contributed by atoms with Crippen molar-refractivity contribution >= 4 is 6.47 Å². The highest BCUT2D eigenvalue weighted by molar-refractivity contribution is 5.29. The summed E-state index contributed by atoms with van der Waals surface area (Å²) in [6.07, 6.45) is 14.6. The van der Waals surface area contributed by atoms with Crippen molar-refractivity contribution in [3.63, 3.8) is 0 Å². The summed E-state index contributed by atoms with van der Waals surface area (Å²) >= 11 is 0. The van der Waals surface area contributed by atoms with Crippen LogP contribution in [-0.4, -0.2) is 11.0 Å². The van der Waals surface area contributed by atoms with E-state index in [2.05, 4.69) is 41.8 Å². The molecule has 0 aliphatic heterocycles. The second-order valence-corrected chi connectivity index (χ2v) is 4.18. The maximum Gasteiger partial charge on any atom is 0.243 e. The molecule has 0 bridgehead atoms. The monoisotopic (exact) mass is 240 g/mol.